The molecule has 4 nitrogen and oxygen atoms in total. The van der Waals surface area contributed by atoms with E-state index >= 15 is 0 Å². The highest BCUT2D eigenvalue weighted by atomic mass is 79.9. The van der Waals surface area contributed by atoms with Crippen LogP contribution in [0.25, 0.3) is 0 Å². The first-order chi connectivity index (χ1) is 7.77. The quantitative estimate of drug-likeness (QED) is 0.850. The van der Waals surface area contributed by atoms with Crippen molar-refractivity contribution in [2.24, 2.45) is 0 Å². The van der Waals surface area contributed by atoms with Crippen LogP contribution < -0.4 is 4.90 Å². The normalized spacial score (nSPS) is 11.4. The van der Waals surface area contributed by atoms with E-state index in [0.29, 0.717) is 11.1 Å². The molecule has 17 heavy (non-hydrogen) atoms. The molecule has 0 aliphatic carbocycles. The monoisotopic (exact) mass is 300 g/mol. The maximum atomic E-state index is 11.3. The number of hydrogen-bond acceptors (Lipinski definition) is 2. The zero-order chi connectivity index (χ0) is 13.2. The molecule has 0 aromatic carbocycles. The summed E-state index contributed by atoms with van der Waals surface area (Å²) in [6.07, 6.45) is 0.707. The minimum Gasteiger partial charge on any atom is -0.465 e. The van der Waals surface area contributed by atoms with Crippen molar-refractivity contribution in [1.82, 2.24) is 4.98 Å². The first-order valence-electron chi connectivity index (χ1n) is 5.32. The lowest BCUT2D eigenvalue weighted by atomic mass is 10.1. The zero-order valence-corrected chi connectivity index (χ0v) is 12.1. The minimum atomic E-state index is -0.986. The van der Waals surface area contributed by atoms with Crippen molar-refractivity contribution in [3.05, 3.63) is 23.4 Å². The lowest BCUT2D eigenvalue weighted by molar-refractivity contribution is 0.195. The van der Waals surface area contributed by atoms with Gasteiger partial charge in [0.1, 0.15) is 5.82 Å². The van der Waals surface area contributed by atoms with Crippen LogP contribution in [0.1, 0.15) is 31.9 Å². The third-order valence-corrected chi connectivity index (χ3v) is 2.98. The van der Waals surface area contributed by atoms with Crippen molar-refractivity contribution in [1.29, 1.82) is 0 Å². The Morgan fingerprint density at radius 1 is 1.53 bits per heavy atom. The average Bonchev–Trinajstić information content (AvgIpc) is 2.18. The van der Waals surface area contributed by atoms with Gasteiger partial charge < -0.3 is 5.11 Å². The van der Waals surface area contributed by atoms with Crippen LogP contribution in [0.3, 0.4) is 0 Å². The summed E-state index contributed by atoms with van der Waals surface area (Å²) in [4.78, 5) is 16.9. The van der Waals surface area contributed by atoms with E-state index in [9.17, 15) is 9.90 Å². The fourth-order valence-corrected chi connectivity index (χ4v) is 1.93. The number of alkyl halides is 1. The largest absolute Gasteiger partial charge is 0.465 e. The van der Waals surface area contributed by atoms with E-state index in [-0.39, 0.29) is 0 Å². The molecule has 0 saturated heterocycles. The molecule has 0 unspecified atom stereocenters. The van der Waals surface area contributed by atoms with Crippen LogP contribution >= 0.6 is 15.9 Å². The SMILES string of the molecule is Cc1cc(CBr)cnc1N(C(=O)O)C(C)(C)C. The zero-order valence-electron chi connectivity index (χ0n) is 10.5. The standard InChI is InChI=1S/C12H17BrN2O2/c1-8-5-9(6-13)7-14-10(8)15(11(16)17)12(2,3)4/h5,7H,6H2,1-4H3,(H,16,17). The van der Waals surface area contributed by atoms with Crippen molar-refractivity contribution in [3.8, 4) is 0 Å². The van der Waals surface area contributed by atoms with E-state index in [0.717, 1.165) is 11.1 Å². The Bertz CT molecular complexity index is 427. The second-order valence-electron chi connectivity index (χ2n) is 4.91. The van der Waals surface area contributed by atoms with E-state index in [1.807, 2.05) is 33.8 Å². The lowest BCUT2D eigenvalue weighted by Gasteiger charge is -2.33. The maximum absolute atomic E-state index is 11.3. The molecule has 1 N–H and O–H groups in total. The van der Waals surface area contributed by atoms with Crippen molar-refractivity contribution >= 4 is 27.8 Å². The molecular weight excluding hydrogens is 284 g/mol. The Labute approximate surface area is 110 Å². The molecular formula is C12H17BrN2O2. The molecule has 0 atom stereocenters. The Hall–Kier alpha value is -1.10. The molecule has 0 aliphatic heterocycles. The van der Waals surface area contributed by atoms with Crippen LogP contribution in [-0.4, -0.2) is 21.7 Å². The summed E-state index contributed by atoms with van der Waals surface area (Å²) < 4.78 is 0. The Morgan fingerprint density at radius 2 is 2.12 bits per heavy atom. The number of anilines is 1. The van der Waals surface area contributed by atoms with E-state index in [1.54, 1.807) is 6.20 Å². The fourth-order valence-electron chi connectivity index (χ4n) is 1.63. The van der Waals surface area contributed by atoms with Gasteiger partial charge in [0, 0.05) is 17.1 Å². The molecule has 1 aromatic heterocycles. The number of aryl methyl sites for hydroxylation is 1. The molecule has 94 valence electrons. The van der Waals surface area contributed by atoms with Crippen molar-refractivity contribution < 1.29 is 9.90 Å². The number of amides is 1. The van der Waals surface area contributed by atoms with Gasteiger partial charge in [-0.05, 0) is 38.8 Å². The predicted molar refractivity (Wildman–Crippen MR) is 71.9 cm³/mol. The van der Waals surface area contributed by atoms with E-state index in [4.69, 9.17) is 0 Å². The van der Waals surface area contributed by atoms with E-state index < -0.39 is 11.6 Å². The molecule has 0 aliphatic rings. The number of carboxylic acid groups (broad SMARTS) is 1. The topological polar surface area (TPSA) is 53.4 Å². The molecule has 0 fully saturated rings. The average molecular weight is 301 g/mol. The van der Waals surface area contributed by atoms with Gasteiger partial charge in [0.15, 0.2) is 0 Å². The molecule has 1 heterocycles. The highest BCUT2D eigenvalue weighted by molar-refractivity contribution is 9.08. The predicted octanol–water partition coefficient (Wildman–Crippen LogP) is 3.57. The van der Waals surface area contributed by atoms with Gasteiger partial charge in [-0.1, -0.05) is 22.0 Å². The van der Waals surface area contributed by atoms with Gasteiger partial charge in [-0.15, -0.1) is 0 Å². The molecule has 1 rings (SSSR count). The number of hydrogen-bond donors (Lipinski definition) is 1. The van der Waals surface area contributed by atoms with Crippen molar-refractivity contribution in [3.63, 3.8) is 0 Å². The van der Waals surface area contributed by atoms with E-state index in [2.05, 4.69) is 20.9 Å². The van der Waals surface area contributed by atoms with Gasteiger partial charge in [0.05, 0.1) is 0 Å². The Morgan fingerprint density at radius 3 is 2.47 bits per heavy atom. The van der Waals surface area contributed by atoms with Gasteiger partial charge in [0.2, 0.25) is 0 Å². The second kappa shape index (κ2) is 5.04. The van der Waals surface area contributed by atoms with Crippen LogP contribution in [-0.2, 0) is 5.33 Å². The summed E-state index contributed by atoms with van der Waals surface area (Å²) in [5.41, 5.74) is 1.38. The van der Waals surface area contributed by atoms with Crippen molar-refractivity contribution in [2.75, 3.05) is 4.90 Å². The van der Waals surface area contributed by atoms with Crippen LogP contribution in [0.5, 0.6) is 0 Å². The van der Waals surface area contributed by atoms with Gasteiger partial charge in [-0.2, -0.15) is 0 Å². The first kappa shape index (κ1) is 14.0. The molecule has 0 saturated carbocycles. The molecule has 0 radical (unpaired) electrons. The van der Waals surface area contributed by atoms with Crippen molar-refractivity contribution in [2.45, 2.75) is 38.6 Å². The summed E-state index contributed by atoms with van der Waals surface area (Å²) in [5, 5.41) is 10.0. The summed E-state index contributed by atoms with van der Waals surface area (Å²) in [7, 11) is 0. The first-order valence-corrected chi connectivity index (χ1v) is 6.44. The Balaban J connectivity index is 3.25. The van der Waals surface area contributed by atoms with Gasteiger partial charge in [0.25, 0.3) is 0 Å². The highest BCUT2D eigenvalue weighted by Gasteiger charge is 2.29. The second-order valence-corrected chi connectivity index (χ2v) is 5.47. The summed E-state index contributed by atoms with van der Waals surface area (Å²) in [6.45, 7) is 7.41. The number of aromatic nitrogens is 1. The maximum Gasteiger partial charge on any atom is 0.413 e. The van der Waals surface area contributed by atoms with Gasteiger partial charge in [-0.25, -0.2) is 9.78 Å². The number of halogens is 1. The minimum absolute atomic E-state index is 0.495. The number of rotatable bonds is 2. The number of nitrogens with zero attached hydrogens (tertiary/aromatic N) is 2. The number of carbonyl (C=O) groups is 1. The molecule has 5 heteroatoms. The summed E-state index contributed by atoms with van der Waals surface area (Å²) >= 11 is 3.35. The van der Waals surface area contributed by atoms with Gasteiger partial charge in [-0.3, -0.25) is 4.90 Å². The van der Waals surface area contributed by atoms with E-state index in [1.165, 1.54) is 4.90 Å². The summed E-state index contributed by atoms with van der Waals surface area (Å²) in [5.74, 6) is 0.495. The lowest BCUT2D eigenvalue weighted by Crippen LogP contribution is -2.46. The molecule has 0 spiro atoms. The molecule has 0 bridgehead atoms. The molecule has 1 aromatic rings. The fraction of sp³-hybridized carbons (Fsp3) is 0.500. The smallest absolute Gasteiger partial charge is 0.413 e. The Kier molecular flexibility index (Phi) is 4.14. The van der Waals surface area contributed by atoms with Crippen LogP contribution in [0.4, 0.5) is 10.6 Å². The highest BCUT2D eigenvalue weighted by Crippen LogP contribution is 2.26. The van der Waals surface area contributed by atoms with Gasteiger partial charge >= 0.3 is 6.09 Å². The van der Waals surface area contributed by atoms with Crippen LogP contribution in [0.2, 0.25) is 0 Å². The number of pyridine rings is 1. The van der Waals surface area contributed by atoms with Crippen LogP contribution in [0.15, 0.2) is 12.3 Å². The summed E-state index contributed by atoms with van der Waals surface area (Å²) in [6, 6.07) is 1.94. The third-order valence-electron chi connectivity index (χ3n) is 2.34. The third kappa shape index (κ3) is 3.19. The molecule has 1 amide bonds. The van der Waals surface area contributed by atoms with Crippen LogP contribution in [0, 0.1) is 6.92 Å².